The smallest absolute Gasteiger partial charge is 0.166 e. The summed E-state index contributed by atoms with van der Waals surface area (Å²) >= 11 is 0. The first-order valence-electron chi connectivity index (χ1n) is 7.42. The number of allylic oxidation sites excluding steroid dienone is 3. The lowest BCUT2D eigenvalue weighted by atomic mass is 9.71. The molecule has 0 radical (unpaired) electrons. The largest absolute Gasteiger partial charge is 0.355 e. The maximum atomic E-state index is 12.2. The highest BCUT2D eigenvalue weighted by molar-refractivity contribution is 5.92. The Labute approximate surface area is 122 Å². The number of rotatable bonds is 6. The van der Waals surface area contributed by atoms with Crippen LogP contribution in [-0.2, 0) is 14.3 Å². The van der Waals surface area contributed by atoms with Crippen LogP contribution in [0.15, 0.2) is 24.3 Å². The van der Waals surface area contributed by atoms with Crippen LogP contribution in [0, 0.1) is 23.2 Å². The van der Waals surface area contributed by atoms with E-state index >= 15 is 0 Å². The van der Waals surface area contributed by atoms with E-state index < -0.39 is 6.29 Å². The third-order valence-corrected chi connectivity index (χ3v) is 5.38. The molecule has 2 rings (SSSR count). The van der Waals surface area contributed by atoms with Gasteiger partial charge in [-0.3, -0.25) is 4.79 Å². The first kappa shape index (κ1) is 15.5. The topological polar surface area (TPSA) is 35.5 Å². The minimum atomic E-state index is -0.483. The van der Waals surface area contributed by atoms with Gasteiger partial charge >= 0.3 is 0 Å². The van der Waals surface area contributed by atoms with E-state index in [1.807, 2.05) is 6.92 Å². The molecule has 0 aromatic heterocycles. The van der Waals surface area contributed by atoms with E-state index in [-0.39, 0.29) is 17.1 Å². The highest BCUT2D eigenvalue weighted by Crippen LogP contribution is 2.59. The Morgan fingerprint density at radius 1 is 1.40 bits per heavy atom. The number of fused-ring (bicyclic) bond motifs is 2. The SMILES string of the molecule is C=C1[C@@H]2CC[C@@H](C2)[C@@]1(C)C=CC(=O)C(C)C(OC)OC. The molecule has 0 aliphatic heterocycles. The lowest BCUT2D eigenvalue weighted by Gasteiger charge is -2.33. The van der Waals surface area contributed by atoms with Gasteiger partial charge in [0, 0.05) is 19.6 Å². The monoisotopic (exact) mass is 278 g/mol. The van der Waals surface area contributed by atoms with Crippen LogP contribution in [0.1, 0.15) is 33.1 Å². The summed E-state index contributed by atoms with van der Waals surface area (Å²) in [5.74, 6) is 1.07. The summed E-state index contributed by atoms with van der Waals surface area (Å²) < 4.78 is 10.3. The van der Waals surface area contributed by atoms with E-state index in [4.69, 9.17) is 9.47 Å². The van der Waals surface area contributed by atoms with Crippen LogP contribution in [0.2, 0.25) is 0 Å². The summed E-state index contributed by atoms with van der Waals surface area (Å²) in [5, 5.41) is 0. The van der Waals surface area contributed by atoms with Gasteiger partial charge in [-0.25, -0.2) is 0 Å². The predicted molar refractivity (Wildman–Crippen MR) is 79.2 cm³/mol. The third-order valence-electron chi connectivity index (χ3n) is 5.38. The summed E-state index contributed by atoms with van der Waals surface area (Å²) in [4.78, 5) is 12.2. The third kappa shape index (κ3) is 2.49. The molecule has 1 unspecified atom stereocenters. The van der Waals surface area contributed by atoms with Gasteiger partial charge in [-0.15, -0.1) is 0 Å². The summed E-state index contributed by atoms with van der Waals surface area (Å²) in [6.45, 7) is 8.32. The quantitative estimate of drug-likeness (QED) is 0.424. The fourth-order valence-electron chi connectivity index (χ4n) is 3.83. The standard InChI is InChI=1S/C17H26O3/c1-11(16(19-4)20-5)15(18)8-9-17(3)12(2)13-6-7-14(17)10-13/h8-9,11,13-14,16H,2,6-7,10H2,1,3-5H3/t11?,13-,14+,17+/m1/s1. The lowest BCUT2D eigenvalue weighted by molar-refractivity contribution is -0.150. The predicted octanol–water partition coefficient (Wildman–Crippen LogP) is 3.36. The van der Waals surface area contributed by atoms with Crippen molar-refractivity contribution >= 4 is 5.78 Å². The van der Waals surface area contributed by atoms with Gasteiger partial charge < -0.3 is 9.47 Å². The van der Waals surface area contributed by atoms with Crippen molar-refractivity contribution in [2.45, 2.75) is 39.4 Å². The average molecular weight is 278 g/mol. The zero-order valence-electron chi connectivity index (χ0n) is 13.0. The van der Waals surface area contributed by atoms with Crippen LogP contribution in [0.3, 0.4) is 0 Å². The van der Waals surface area contributed by atoms with Crippen molar-refractivity contribution in [1.29, 1.82) is 0 Å². The van der Waals surface area contributed by atoms with Gasteiger partial charge in [-0.05, 0) is 37.2 Å². The second-order valence-corrected chi connectivity index (χ2v) is 6.38. The van der Waals surface area contributed by atoms with Gasteiger partial charge in [0.2, 0.25) is 0 Å². The number of ether oxygens (including phenoxy) is 2. The molecule has 2 fully saturated rings. The maximum absolute atomic E-state index is 12.2. The molecule has 0 heterocycles. The van der Waals surface area contributed by atoms with E-state index in [1.165, 1.54) is 24.8 Å². The minimum absolute atomic E-state index is 0.00601. The van der Waals surface area contributed by atoms with E-state index in [0.717, 1.165) is 0 Å². The van der Waals surface area contributed by atoms with Crippen LogP contribution >= 0.6 is 0 Å². The Hall–Kier alpha value is -0.930. The van der Waals surface area contributed by atoms with Crippen molar-refractivity contribution in [3.8, 4) is 0 Å². The van der Waals surface area contributed by atoms with Crippen molar-refractivity contribution < 1.29 is 14.3 Å². The van der Waals surface area contributed by atoms with Crippen LogP contribution in [-0.4, -0.2) is 26.3 Å². The highest BCUT2D eigenvalue weighted by Gasteiger charge is 2.49. The molecular formula is C17H26O3. The van der Waals surface area contributed by atoms with E-state index in [9.17, 15) is 4.79 Å². The summed E-state index contributed by atoms with van der Waals surface area (Å²) in [5.41, 5.74) is 1.30. The van der Waals surface area contributed by atoms with Gasteiger partial charge in [-0.2, -0.15) is 0 Å². The van der Waals surface area contributed by atoms with Gasteiger partial charge in [0.1, 0.15) is 0 Å². The number of carbonyl (C=O) groups is 1. The Bertz CT molecular complexity index is 422. The first-order valence-corrected chi connectivity index (χ1v) is 7.42. The Morgan fingerprint density at radius 3 is 2.55 bits per heavy atom. The number of ketones is 1. The Morgan fingerprint density at radius 2 is 2.05 bits per heavy atom. The number of carbonyl (C=O) groups excluding carboxylic acids is 1. The number of methoxy groups -OCH3 is 2. The van der Waals surface area contributed by atoms with Crippen LogP contribution in [0.4, 0.5) is 0 Å². The van der Waals surface area contributed by atoms with Crippen molar-refractivity contribution in [1.82, 2.24) is 0 Å². The zero-order chi connectivity index (χ0) is 14.9. The second kappa shape index (κ2) is 5.82. The zero-order valence-corrected chi connectivity index (χ0v) is 13.0. The van der Waals surface area contributed by atoms with Gasteiger partial charge in [-0.1, -0.05) is 32.1 Å². The molecular weight excluding hydrogens is 252 g/mol. The molecule has 0 spiro atoms. The van der Waals surface area contributed by atoms with Crippen LogP contribution in [0.5, 0.6) is 0 Å². The molecule has 2 saturated carbocycles. The minimum Gasteiger partial charge on any atom is -0.355 e. The number of hydrogen-bond donors (Lipinski definition) is 0. The van der Waals surface area contributed by atoms with Crippen molar-refractivity contribution in [3.05, 3.63) is 24.3 Å². The summed E-state index contributed by atoms with van der Waals surface area (Å²) in [7, 11) is 3.11. The molecule has 3 heteroatoms. The molecule has 20 heavy (non-hydrogen) atoms. The summed E-state index contributed by atoms with van der Waals surface area (Å²) in [6, 6.07) is 0. The Kier molecular flexibility index (Phi) is 4.50. The molecule has 2 aliphatic carbocycles. The molecule has 112 valence electrons. The van der Waals surface area contributed by atoms with Crippen molar-refractivity contribution in [2.24, 2.45) is 23.2 Å². The van der Waals surface area contributed by atoms with Gasteiger partial charge in [0.25, 0.3) is 0 Å². The van der Waals surface area contributed by atoms with Crippen LogP contribution < -0.4 is 0 Å². The average Bonchev–Trinajstić information content (AvgIpc) is 3.01. The van der Waals surface area contributed by atoms with Crippen LogP contribution in [0.25, 0.3) is 0 Å². The molecule has 0 aromatic carbocycles. The molecule has 0 aromatic rings. The maximum Gasteiger partial charge on any atom is 0.166 e. The van der Waals surface area contributed by atoms with E-state index in [1.54, 1.807) is 20.3 Å². The molecule has 4 atom stereocenters. The highest BCUT2D eigenvalue weighted by atomic mass is 16.7. The fourth-order valence-corrected chi connectivity index (χ4v) is 3.83. The molecule has 0 amide bonds. The van der Waals surface area contributed by atoms with Gasteiger partial charge in [0.15, 0.2) is 12.1 Å². The molecule has 2 aliphatic rings. The normalized spacial score (nSPS) is 34.4. The van der Waals surface area contributed by atoms with Crippen molar-refractivity contribution in [2.75, 3.05) is 14.2 Å². The molecule has 0 saturated heterocycles. The fraction of sp³-hybridized carbons (Fsp3) is 0.706. The first-order chi connectivity index (χ1) is 9.43. The van der Waals surface area contributed by atoms with E-state index in [2.05, 4.69) is 19.6 Å². The lowest BCUT2D eigenvalue weighted by Crippen LogP contribution is -2.29. The van der Waals surface area contributed by atoms with Crippen molar-refractivity contribution in [3.63, 3.8) is 0 Å². The second-order valence-electron chi connectivity index (χ2n) is 6.38. The molecule has 3 nitrogen and oxygen atoms in total. The van der Waals surface area contributed by atoms with Gasteiger partial charge in [0.05, 0.1) is 5.92 Å². The van der Waals surface area contributed by atoms with E-state index in [0.29, 0.717) is 11.8 Å². The summed E-state index contributed by atoms with van der Waals surface area (Å²) in [6.07, 6.45) is 7.06. The molecule has 2 bridgehead atoms. The number of hydrogen-bond acceptors (Lipinski definition) is 3. The molecule has 0 N–H and O–H groups in total. The Balaban J connectivity index is 2.06.